The first-order valence-electron chi connectivity index (χ1n) is 5.92. The van der Waals surface area contributed by atoms with Crippen molar-refractivity contribution in [2.24, 2.45) is 0 Å². The van der Waals surface area contributed by atoms with Crippen LogP contribution in [0.1, 0.15) is 24.1 Å². The third-order valence-electron chi connectivity index (χ3n) is 2.89. The van der Waals surface area contributed by atoms with Crippen molar-refractivity contribution < 1.29 is 0 Å². The maximum Gasteiger partial charge on any atom is 0.0522 e. The third kappa shape index (κ3) is 2.91. The lowest BCUT2D eigenvalue weighted by atomic mass is 10.0. The van der Waals surface area contributed by atoms with E-state index in [0.29, 0.717) is 6.04 Å². The van der Waals surface area contributed by atoms with E-state index in [1.165, 1.54) is 11.1 Å². The average Bonchev–Trinajstić information content (AvgIpc) is 2.84. The molecule has 0 radical (unpaired) electrons. The van der Waals surface area contributed by atoms with Crippen molar-refractivity contribution in [3.05, 3.63) is 48.0 Å². The minimum Gasteiger partial charge on any atom is -0.313 e. The smallest absolute Gasteiger partial charge is 0.0522 e. The van der Waals surface area contributed by atoms with E-state index in [2.05, 4.69) is 34.6 Å². The van der Waals surface area contributed by atoms with Crippen molar-refractivity contribution >= 4 is 0 Å². The molecule has 0 bridgehead atoms. The quantitative estimate of drug-likeness (QED) is 0.851. The zero-order chi connectivity index (χ0) is 12.1. The fourth-order valence-corrected chi connectivity index (χ4v) is 1.89. The summed E-state index contributed by atoms with van der Waals surface area (Å²) in [5.41, 5.74) is 2.45. The van der Waals surface area contributed by atoms with Gasteiger partial charge in [-0.25, -0.2) is 0 Å². The van der Waals surface area contributed by atoms with Gasteiger partial charge in [-0.2, -0.15) is 5.10 Å². The van der Waals surface area contributed by atoms with E-state index in [0.717, 1.165) is 13.0 Å². The summed E-state index contributed by atoms with van der Waals surface area (Å²) in [6.45, 7) is 3.00. The average molecular weight is 230 g/mol. The molecule has 2 rings (SSSR count). The molecule has 0 saturated carbocycles. The van der Waals surface area contributed by atoms with Crippen LogP contribution in [0, 0.1) is 0 Å². The van der Waals surface area contributed by atoms with Crippen LogP contribution in [0.15, 0.2) is 36.9 Å². The molecule has 0 aliphatic rings. The van der Waals surface area contributed by atoms with Gasteiger partial charge in [0.1, 0.15) is 0 Å². The van der Waals surface area contributed by atoms with Gasteiger partial charge in [-0.1, -0.05) is 6.07 Å². The molecular weight excluding hydrogens is 212 g/mol. The van der Waals surface area contributed by atoms with Gasteiger partial charge >= 0.3 is 0 Å². The normalized spacial score (nSPS) is 12.6. The molecule has 0 aliphatic carbocycles. The summed E-state index contributed by atoms with van der Waals surface area (Å²) in [5.74, 6) is 0. The van der Waals surface area contributed by atoms with E-state index in [-0.39, 0.29) is 0 Å². The standard InChI is InChI=1S/C13H18N4/c1-3-17-10-11(8-16-17)7-13(14-2)12-5-4-6-15-9-12/h4-6,8-10,13-14H,3,7H2,1-2H3. The molecule has 2 heterocycles. The molecule has 0 amide bonds. The summed E-state index contributed by atoms with van der Waals surface area (Å²) in [5, 5.41) is 7.61. The van der Waals surface area contributed by atoms with Crippen molar-refractivity contribution in [1.82, 2.24) is 20.1 Å². The first kappa shape index (κ1) is 11.8. The van der Waals surface area contributed by atoms with E-state index in [1.807, 2.05) is 30.2 Å². The predicted molar refractivity (Wildman–Crippen MR) is 67.6 cm³/mol. The molecule has 0 aliphatic heterocycles. The highest BCUT2D eigenvalue weighted by Crippen LogP contribution is 2.16. The van der Waals surface area contributed by atoms with Crippen molar-refractivity contribution in [3.63, 3.8) is 0 Å². The SMILES string of the molecule is CCn1cc(CC(NC)c2cccnc2)cn1. The number of pyridine rings is 1. The van der Waals surface area contributed by atoms with Gasteiger partial charge in [-0.05, 0) is 37.6 Å². The Balaban J connectivity index is 2.10. The number of nitrogens with one attached hydrogen (secondary N) is 1. The Kier molecular flexibility index (Phi) is 3.88. The summed E-state index contributed by atoms with van der Waals surface area (Å²) < 4.78 is 1.95. The fraction of sp³-hybridized carbons (Fsp3) is 0.385. The van der Waals surface area contributed by atoms with Crippen LogP contribution in [-0.4, -0.2) is 21.8 Å². The first-order valence-corrected chi connectivity index (χ1v) is 5.92. The molecule has 17 heavy (non-hydrogen) atoms. The molecule has 1 atom stereocenters. The van der Waals surface area contributed by atoms with Gasteiger partial charge in [-0.15, -0.1) is 0 Å². The third-order valence-corrected chi connectivity index (χ3v) is 2.89. The largest absolute Gasteiger partial charge is 0.313 e. The van der Waals surface area contributed by atoms with Crippen LogP contribution in [-0.2, 0) is 13.0 Å². The van der Waals surface area contributed by atoms with Gasteiger partial charge in [0, 0.05) is 31.2 Å². The molecule has 4 nitrogen and oxygen atoms in total. The number of hydrogen-bond donors (Lipinski definition) is 1. The van der Waals surface area contributed by atoms with Crippen molar-refractivity contribution in [2.45, 2.75) is 25.9 Å². The Labute approximate surface area is 102 Å². The molecule has 4 heteroatoms. The molecule has 2 aromatic heterocycles. The van der Waals surface area contributed by atoms with Gasteiger partial charge in [0.15, 0.2) is 0 Å². The summed E-state index contributed by atoms with van der Waals surface area (Å²) in [4.78, 5) is 4.16. The lowest BCUT2D eigenvalue weighted by molar-refractivity contribution is 0.588. The van der Waals surface area contributed by atoms with Crippen LogP contribution in [0.2, 0.25) is 0 Å². The highest BCUT2D eigenvalue weighted by Gasteiger charge is 2.11. The molecule has 90 valence electrons. The molecule has 2 aromatic rings. The topological polar surface area (TPSA) is 42.7 Å². The van der Waals surface area contributed by atoms with Gasteiger partial charge in [0.25, 0.3) is 0 Å². The number of aryl methyl sites for hydroxylation is 1. The lowest BCUT2D eigenvalue weighted by Gasteiger charge is -2.14. The number of hydrogen-bond acceptors (Lipinski definition) is 3. The summed E-state index contributed by atoms with van der Waals surface area (Å²) in [6, 6.07) is 4.35. The molecular formula is C13H18N4. The van der Waals surface area contributed by atoms with E-state index in [4.69, 9.17) is 0 Å². The summed E-state index contributed by atoms with van der Waals surface area (Å²) >= 11 is 0. The van der Waals surface area contributed by atoms with Crippen LogP contribution in [0.5, 0.6) is 0 Å². The van der Waals surface area contributed by atoms with Crippen LogP contribution < -0.4 is 5.32 Å². The van der Waals surface area contributed by atoms with Crippen LogP contribution >= 0.6 is 0 Å². The Morgan fingerprint density at radius 3 is 2.88 bits per heavy atom. The van der Waals surface area contributed by atoms with Gasteiger partial charge in [0.2, 0.25) is 0 Å². The van der Waals surface area contributed by atoms with E-state index >= 15 is 0 Å². The molecule has 0 spiro atoms. The molecule has 0 aromatic carbocycles. The van der Waals surface area contributed by atoms with E-state index < -0.39 is 0 Å². The maximum absolute atomic E-state index is 4.29. The fourth-order valence-electron chi connectivity index (χ4n) is 1.89. The summed E-state index contributed by atoms with van der Waals surface area (Å²) in [6.07, 6.45) is 8.67. The Hall–Kier alpha value is -1.68. The monoisotopic (exact) mass is 230 g/mol. The van der Waals surface area contributed by atoms with Gasteiger partial charge < -0.3 is 5.32 Å². The van der Waals surface area contributed by atoms with Crippen LogP contribution in [0.4, 0.5) is 0 Å². The maximum atomic E-state index is 4.29. The highest BCUT2D eigenvalue weighted by molar-refractivity contribution is 5.18. The van der Waals surface area contributed by atoms with Crippen molar-refractivity contribution in [1.29, 1.82) is 0 Å². The molecule has 0 fully saturated rings. The zero-order valence-corrected chi connectivity index (χ0v) is 10.3. The summed E-state index contributed by atoms with van der Waals surface area (Å²) in [7, 11) is 1.97. The van der Waals surface area contributed by atoms with Crippen LogP contribution in [0.25, 0.3) is 0 Å². The Morgan fingerprint density at radius 1 is 1.41 bits per heavy atom. The minimum absolute atomic E-state index is 0.290. The Morgan fingerprint density at radius 2 is 2.29 bits per heavy atom. The van der Waals surface area contributed by atoms with E-state index in [1.54, 1.807) is 6.20 Å². The number of rotatable bonds is 5. The zero-order valence-electron chi connectivity index (χ0n) is 10.3. The number of nitrogens with zero attached hydrogens (tertiary/aromatic N) is 3. The second kappa shape index (κ2) is 5.59. The minimum atomic E-state index is 0.290. The molecule has 1 N–H and O–H groups in total. The van der Waals surface area contributed by atoms with Gasteiger partial charge in [0.05, 0.1) is 6.20 Å². The lowest BCUT2D eigenvalue weighted by Crippen LogP contribution is -2.18. The van der Waals surface area contributed by atoms with Gasteiger partial charge in [-0.3, -0.25) is 9.67 Å². The second-order valence-electron chi connectivity index (χ2n) is 4.04. The van der Waals surface area contributed by atoms with Crippen molar-refractivity contribution in [3.8, 4) is 0 Å². The van der Waals surface area contributed by atoms with Crippen molar-refractivity contribution in [2.75, 3.05) is 7.05 Å². The van der Waals surface area contributed by atoms with E-state index in [9.17, 15) is 0 Å². The molecule has 0 saturated heterocycles. The Bertz CT molecular complexity index is 449. The molecule has 1 unspecified atom stereocenters. The first-order chi connectivity index (χ1) is 8.33. The highest BCUT2D eigenvalue weighted by atomic mass is 15.3. The second-order valence-corrected chi connectivity index (χ2v) is 4.04. The van der Waals surface area contributed by atoms with Crippen LogP contribution in [0.3, 0.4) is 0 Å². The number of likely N-dealkylation sites (N-methyl/N-ethyl adjacent to an activating group) is 1. The predicted octanol–water partition coefficient (Wildman–Crippen LogP) is 1.80. The number of aromatic nitrogens is 3.